The zero-order valence-electron chi connectivity index (χ0n) is 11.8. The Morgan fingerprint density at radius 2 is 2.10 bits per heavy atom. The van der Waals surface area contributed by atoms with Crippen LogP contribution in [0.25, 0.3) is 16.6 Å². The molecular formula is C16H15N5. The molecule has 1 aliphatic rings. The van der Waals surface area contributed by atoms with Crippen LogP contribution in [0.5, 0.6) is 0 Å². The number of fused-ring (bicyclic) bond motifs is 1. The molecule has 1 fully saturated rings. The van der Waals surface area contributed by atoms with Crippen molar-refractivity contribution in [2.24, 2.45) is 7.05 Å². The van der Waals surface area contributed by atoms with Crippen molar-refractivity contribution in [3.8, 4) is 11.8 Å². The molecule has 0 aliphatic heterocycles. The van der Waals surface area contributed by atoms with Gasteiger partial charge in [0.05, 0.1) is 35.6 Å². The predicted molar refractivity (Wildman–Crippen MR) is 79.0 cm³/mol. The van der Waals surface area contributed by atoms with Gasteiger partial charge < -0.3 is 0 Å². The monoisotopic (exact) mass is 277 g/mol. The van der Waals surface area contributed by atoms with Crippen molar-refractivity contribution < 1.29 is 0 Å². The lowest BCUT2D eigenvalue weighted by atomic mass is 9.65. The molecule has 21 heavy (non-hydrogen) atoms. The molecule has 1 aromatic carbocycles. The Balaban J connectivity index is 1.89. The minimum absolute atomic E-state index is 0.293. The van der Waals surface area contributed by atoms with E-state index in [1.165, 1.54) is 0 Å². The Morgan fingerprint density at radius 3 is 2.71 bits per heavy atom. The number of hydrogen-bond acceptors (Lipinski definition) is 3. The third-order valence-electron chi connectivity index (χ3n) is 4.48. The number of aromatic nitrogens is 4. The van der Waals surface area contributed by atoms with E-state index < -0.39 is 0 Å². The summed E-state index contributed by atoms with van der Waals surface area (Å²) in [5.74, 6) is 0. The molecule has 104 valence electrons. The minimum Gasteiger partial charge on any atom is -0.274 e. The summed E-state index contributed by atoms with van der Waals surface area (Å²) in [7, 11) is 1.89. The van der Waals surface area contributed by atoms with Crippen LogP contribution in [0, 0.1) is 11.3 Å². The first kappa shape index (κ1) is 12.2. The van der Waals surface area contributed by atoms with E-state index >= 15 is 0 Å². The number of nitriles is 1. The van der Waals surface area contributed by atoms with E-state index in [4.69, 9.17) is 0 Å². The molecule has 5 nitrogen and oxygen atoms in total. The highest BCUT2D eigenvalue weighted by atomic mass is 15.3. The van der Waals surface area contributed by atoms with Gasteiger partial charge in [0.25, 0.3) is 0 Å². The van der Waals surface area contributed by atoms with Crippen molar-refractivity contribution >= 4 is 10.9 Å². The zero-order valence-corrected chi connectivity index (χ0v) is 11.8. The van der Waals surface area contributed by atoms with Crippen LogP contribution in [0.4, 0.5) is 0 Å². The summed E-state index contributed by atoms with van der Waals surface area (Å²) in [6, 6.07) is 8.74. The number of nitrogens with zero attached hydrogens (tertiary/aromatic N) is 5. The Labute approximate surface area is 122 Å². The van der Waals surface area contributed by atoms with E-state index in [0.717, 1.165) is 41.4 Å². The second kappa shape index (κ2) is 4.19. The smallest absolute Gasteiger partial charge is 0.103 e. The fourth-order valence-corrected chi connectivity index (χ4v) is 3.03. The summed E-state index contributed by atoms with van der Waals surface area (Å²) in [4.78, 5) is 0. The first-order valence-electron chi connectivity index (χ1n) is 7.10. The van der Waals surface area contributed by atoms with E-state index in [1.807, 2.05) is 24.1 Å². The topological polar surface area (TPSA) is 59.4 Å². The number of hydrogen-bond donors (Lipinski definition) is 0. The predicted octanol–water partition coefficient (Wildman–Crippen LogP) is 2.70. The second-order valence-electron chi connectivity index (χ2n) is 5.75. The van der Waals surface area contributed by atoms with Crippen LogP contribution in [0.1, 0.15) is 24.8 Å². The van der Waals surface area contributed by atoms with E-state index in [0.29, 0.717) is 0 Å². The maximum Gasteiger partial charge on any atom is 0.103 e. The average molecular weight is 277 g/mol. The highest BCUT2D eigenvalue weighted by molar-refractivity contribution is 5.81. The van der Waals surface area contributed by atoms with Crippen molar-refractivity contribution in [2.75, 3.05) is 0 Å². The van der Waals surface area contributed by atoms with Crippen molar-refractivity contribution in [1.29, 1.82) is 5.26 Å². The van der Waals surface area contributed by atoms with Gasteiger partial charge in [-0.25, -0.2) is 4.68 Å². The SMILES string of the molecule is Cn1cc(-n2ncc3ccc(C4(C#N)CCC4)cc32)cn1. The van der Waals surface area contributed by atoms with Crippen LogP contribution in [-0.4, -0.2) is 19.6 Å². The minimum atomic E-state index is -0.293. The van der Waals surface area contributed by atoms with Gasteiger partial charge in [-0.3, -0.25) is 4.68 Å². The summed E-state index contributed by atoms with van der Waals surface area (Å²) in [5, 5.41) is 19.2. The van der Waals surface area contributed by atoms with Gasteiger partial charge in [0.1, 0.15) is 5.69 Å². The Morgan fingerprint density at radius 1 is 1.24 bits per heavy atom. The third kappa shape index (κ3) is 1.69. The fraction of sp³-hybridized carbons (Fsp3) is 0.312. The summed E-state index contributed by atoms with van der Waals surface area (Å²) >= 11 is 0. The van der Waals surface area contributed by atoms with Crippen molar-refractivity contribution in [3.63, 3.8) is 0 Å². The molecule has 0 spiro atoms. The largest absolute Gasteiger partial charge is 0.274 e. The average Bonchev–Trinajstić information content (AvgIpc) is 3.03. The molecule has 2 aromatic heterocycles. The molecule has 2 heterocycles. The molecule has 1 aliphatic carbocycles. The molecule has 0 saturated heterocycles. The lowest BCUT2D eigenvalue weighted by Gasteiger charge is -2.35. The molecule has 3 aromatic rings. The number of rotatable bonds is 2. The highest BCUT2D eigenvalue weighted by Crippen LogP contribution is 2.43. The lowest BCUT2D eigenvalue weighted by molar-refractivity contribution is 0.324. The Kier molecular flexibility index (Phi) is 2.43. The zero-order chi connectivity index (χ0) is 14.4. The Bertz CT molecular complexity index is 860. The summed E-state index contributed by atoms with van der Waals surface area (Å²) in [6.07, 6.45) is 8.62. The van der Waals surface area contributed by atoms with Crippen LogP contribution in [0.2, 0.25) is 0 Å². The van der Waals surface area contributed by atoms with E-state index in [-0.39, 0.29) is 5.41 Å². The fourth-order valence-electron chi connectivity index (χ4n) is 3.03. The maximum atomic E-state index is 9.52. The molecule has 0 bridgehead atoms. The van der Waals surface area contributed by atoms with Crippen molar-refractivity contribution in [2.45, 2.75) is 24.7 Å². The van der Waals surface area contributed by atoms with Crippen molar-refractivity contribution in [3.05, 3.63) is 42.4 Å². The summed E-state index contributed by atoms with van der Waals surface area (Å²) < 4.78 is 3.64. The van der Waals surface area contributed by atoms with E-state index in [2.05, 4.69) is 34.5 Å². The van der Waals surface area contributed by atoms with Crippen LogP contribution >= 0.6 is 0 Å². The summed E-state index contributed by atoms with van der Waals surface area (Å²) in [6.45, 7) is 0. The van der Waals surface area contributed by atoms with Gasteiger partial charge in [-0.05, 0) is 30.9 Å². The van der Waals surface area contributed by atoms with E-state index in [1.54, 1.807) is 10.9 Å². The van der Waals surface area contributed by atoms with Crippen LogP contribution in [0.15, 0.2) is 36.8 Å². The molecule has 1 saturated carbocycles. The first-order valence-corrected chi connectivity index (χ1v) is 7.10. The normalized spacial score (nSPS) is 16.6. The molecular weight excluding hydrogens is 262 g/mol. The Hall–Kier alpha value is -2.61. The van der Waals surface area contributed by atoms with Gasteiger partial charge in [-0.15, -0.1) is 0 Å². The number of benzene rings is 1. The highest BCUT2D eigenvalue weighted by Gasteiger charge is 2.39. The molecule has 0 N–H and O–H groups in total. The molecule has 0 unspecified atom stereocenters. The molecule has 0 amide bonds. The van der Waals surface area contributed by atoms with Gasteiger partial charge in [0.15, 0.2) is 0 Å². The quantitative estimate of drug-likeness (QED) is 0.723. The van der Waals surface area contributed by atoms with Crippen LogP contribution < -0.4 is 0 Å². The van der Waals surface area contributed by atoms with Gasteiger partial charge in [-0.2, -0.15) is 15.5 Å². The lowest BCUT2D eigenvalue weighted by Crippen LogP contribution is -2.32. The van der Waals surface area contributed by atoms with Crippen LogP contribution in [0.3, 0.4) is 0 Å². The van der Waals surface area contributed by atoms with Gasteiger partial charge >= 0.3 is 0 Å². The summed E-state index contributed by atoms with van der Waals surface area (Å²) in [5.41, 5.74) is 2.78. The standard InChI is InChI=1S/C16H15N5/c1-20-10-14(9-18-20)21-15-7-13(4-3-12(15)8-19-21)16(11-17)5-2-6-16/h3-4,7-10H,2,5-6H2,1H3. The molecule has 0 atom stereocenters. The van der Waals surface area contributed by atoms with Crippen LogP contribution in [-0.2, 0) is 12.5 Å². The first-order chi connectivity index (χ1) is 10.2. The van der Waals surface area contributed by atoms with Crippen molar-refractivity contribution in [1.82, 2.24) is 19.6 Å². The number of aryl methyl sites for hydroxylation is 1. The van der Waals surface area contributed by atoms with Gasteiger partial charge in [0, 0.05) is 12.4 Å². The molecule has 0 radical (unpaired) electrons. The third-order valence-corrected chi connectivity index (χ3v) is 4.48. The molecule has 4 rings (SSSR count). The van der Waals surface area contributed by atoms with Gasteiger partial charge in [0.2, 0.25) is 0 Å². The second-order valence-corrected chi connectivity index (χ2v) is 5.75. The van der Waals surface area contributed by atoms with E-state index in [9.17, 15) is 5.26 Å². The van der Waals surface area contributed by atoms with Gasteiger partial charge in [-0.1, -0.05) is 12.1 Å². The maximum absolute atomic E-state index is 9.52. The molecule has 5 heteroatoms.